The Morgan fingerprint density at radius 3 is 2.82 bits per heavy atom. The maximum Gasteiger partial charge on any atom is 0.205 e. The summed E-state index contributed by atoms with van der Waals surface area (Å²) >= 11 is 1.45. The predicted molar refractivity (Wildman–Crippen MR) is 70.3 cm³/mol. The molecule has 0 aromatic carbocycles. The highest BCUT2D eigenvalue weighted by atomic mass is 32.1. The minimum absolute atomic E-state index is 0.381. The average molecular weight is 248 g/mol. The van der Waals surface area contributed by atoms with E-state index in [1.807, 2.05) is 19.3 Å². The summed E-state index contributed by atoms with van der Waals surface area (Å²) in [7, 11) is 2.03. The summed E-state index contributed by atoms with van der Waals surface area (Å²) in [4.78, 5) is 10.7. The number of nitrogens with zero attached hydrogens (tertiary/aromatic N) is 4. The molecule has 0 bridgehead atoms. The van der Waals surface area contributed by atoms with Crippen LogP contribution in [0.15, 0.2) is 24.5 Å². The van der Waals surface area contributed by atoms with Crippen LogP contribution in [0.4, 0.5) is 5.13 Å². The summed E-state index contributed by atoms with van der Waals surface area (Å²) in [6.45, 7) is 5.01. The summed E-state index contributed by atoms with van der Waals surface area (Å²) in [6, 6.07) is 4.01. The minimum Gasteiger partial charge on any atom is -0.346 e. The second-order valence-corrected chi connectivity index (χ2v) is 5.04. The van der Waals surface area contributed by atoms with Gasteiger partial charge in [-0.2, -0.15) is 4.37 Å². The van der Waals surface area contributed by atoms with Gasteiger partial charge in [-0.1, -0.05) is 19.9 Å². The predicted octanol–water partition coefficient (Wildman–Crippen LogP) is 2.69. The number of hydrogen-bond donors (Lipinski definition) is 0. The average Bonchev–Trinajstić information content (AvgIpc) is 2.79. The molecule has 0 radical (unpaired) electrons. The first-order valence-corrected chi connectivity index (χ1v) is 6.38. The standard InChI is InChI=1S/C12H16N4S/c1-9(2)11-14-12(17-15-11)16(3)8-10-5-4-6-13-7-10/h4-7,9H,8H2,1-3H3. The van der Waals surface area contributed by atoms with Crippen molar-refractivity contribution in [3.05, 3.63) is 35.9 Å². The van der Waals surface area contributed by atoms with Crippen LogP contribution in [0, 0.1) is 0 Å². The molecule has 5 heteroatoms. The Labute approximate surface area is 106 Å². The molecule has 4 nitrogen and oxygen atoms in total. The van der Waals surface area contributed by atoms with Crippen molar-refractivity contribution in [3.63, 3.8) is 0 Å². The molecule has 0 unspecified atom stereocenters. The topological polar surface area (TPSA) is 41.9 Å². The lowest BCUT2D eigenvalue weighted by molar-refractivity contribution is 0.791. The third kappa shape index (κ3) is 3.00. The van der Waals surface area contributed by atoms with E-state index in [4.69, 9.17) is 0 Å². The zero-order valence-corrected chi connectivity index (χ0v) is 11.1. The largest absolute Gasteiger partial charge is 0.346 e. The Bertz CT molecular complexity index is 466. The molecule has 2 aromatic heterocycles. The Morgan fingerprint density at radius 1 is 1.41 bits per heavy atom. The molecule has 0 aliphatic carbocycles. The molecule has 0 aliphatic rings. The van der Waals surface area contributed by atoms with Crippen LogP contribution in [-0.4, -0.2) is 21.4 Å². The van der Waals surface area contributed by atoms with Crippen molar-refractivity contribution in [2.75, 3.05) is 11.9 Å². The fraction of sp³-hybridized carbons (Fsp3) is 0.417. The van der Waals surface area contributed by atoms with Gasteiger partial charge in [-0.15, -0.1) is 0 Å². The Morgan fingerprint density at radius 2 is 2.24 bits per heavy atom. The van der Waals surface area contributed by atoms with Gasteiger partial charge in [0.2, 0.25) is 5.13 Å². The van der Waals surface area contributed by atoms with Gasteiger partial charge >= 0.3 is 0 Å². The van der Waals surface area contributed by atoms with Gasteiger partial charge in [-0.3, -0.25) is 4.98 Å². The van der Waals surface area contributed by atoms with Crippen LogP contribution in [0.2, 0.25) is 0 Å². The second-order valence-electron chi connectivity index (χ2n) is 4.31. The van der Waals surface area contributed by atoms with E-state index in [1.54, 1.807) is 6.20 Å². The zero-order valence-electron chi connectivity index (χ0n) is 10.3. The molecular weight excluding hydrogens is 232 g/mol. The summed E-state index contributed by atoms with van der Waals surface area (Å²) in [6.07, 6.45) is 3.66. The minimum atomic E-state index is 0.381. The lowest BCUT2D eigenvalue weighted by atomic mass is 10.2. The molecule has 0 aliphatic heterocycles. The van der Waals surface area contributed by atoms with E-state index in [0.29, 0.717) is 5.92 Å². The molecule has 0 amide bonds. The number of pyridine rings is 1. The number of anilines is 1. The molecule has 0 spiro atoms. The second kappa shape index (κ2) is 5.23. The van der Waals surface area contributed by atoms with Gasteiger partial charge < -0.3 is 4.90 Å². The van der Waals surface area contributed by atoms with Crippen molar-refractivity contribution in [3.8, 4) is 0 Å². The van der Waals surface area contributed by atoms with Gasteiger partial charge in [0.15, 0.2) is 0 Å². The lowest BCUT2D eigenvalue weighted by Gasteiger charge is -2.14. The number of hydrogen-bond acceptors (Lipinski definition) is 5. The van der Waals surface area contributed by atoms with Gasteiger partial charge in [0.1, 0.15) is 5.82 Å². The lowest BCUT2D eigenvalue weighted by Crippen LogP contribution is -2.16. The van der Waals surface area contributed by atoms with E-state index in [-0.39, 0.29) is 0 Å². The molecule has 0 N–H and O–H groups in total. The molecular formula is C12H16N4S. The first-order chi connectivity index (χ1) is 8.16. The summed E-state index contributed by atoms with van der Waals surface area (Å²) < 4.78 is 4.35. The Hall–Kier alpha value is -1.49. The fourth-order valence-corrected chi connectivity index (χ4v) is 2.21. The summed E-state index contributed by atoms with van der Waals surface area (Å²) in [5, 5.41) is 0.956. The van der Waals surface area contributed by atoms with Crippen LogP contribution in [0.3, 0.4) is 0 Å². The van der Waals surface area contributed by atoms with E-state index in [2.05, 4.69) is 39.2 Å². The third-order valence-corrected chi connectivity index (χ3v) is 3.26. The third-order valence-electron chi connectivity index (χ3n) is 2.42. The molecule has 0 atom stereocenters. The molecule has 2 rings (SSSR count). The molecule has 0 fully saturated rings. The highest BCUT2D eigenvalue weighted by Crippen LogP contribution is 2.21. The van der Waals surface area contributed by atoms with E-state index < -0.39 is 0 Å². The highest BCUT2D eigenvalue weighted by molar-refractivity contribution is 7.09. The summed E-state index contributed by atoms with van der Waals surface area (Å²) in [5.41, 5.74) is 1.18. The molecule has 0 saturated carbocycles. The Kier molecular flexibility index (Phi) is 3.68. The SMILES string of the molecule is CC(C)c1nsc(N(C)Cc2cccnc2)n1. The first-order valence-electron chi connectivity index (χ1n) is 5.60. The monoisotopic (exact) mass is 248 g/mol. The van der Waals surface area contributed by atoms with Crippen molar-refractivity contribution in [1.82, 2.24) is 14.3 Å². The molecule has 0 saturated heterocycles. The normalized spacial score (nSPS) is 10.8. The van der Waals surface area contributed by atoms with Crippen molar-refractivity contribution in [2.45, 2.75) is 26.3 Å². The maximum atomic E-state index is 4.52. The van der Waals surface area contributed by atoms with Gasteiger partial charge in [0, 0.05) is 43.4 Å². The molecule has 2 heterocycles. The number of aromatic nitrogens is 3. The fourth-order valence-electron chi connectivity index (χ4n) is 1.45. The van der Waals surface area contributed by atoms with Gasteiger partial charge in [-0.05, 0) is 11.6 Å². The van der Waals surface area contributed by atoms with Crippen molar-refractivity contribution < 1.29 is 0 Å². The van der Waals surface area contributed by atoms with Crippen LogP contribution in [0.1, 0.15) is 31.2 Å². The van der Waals surface area contributed by atoms with Crippen molar-refractivity contribution in [1.29, 1.82) is 0 Å². The van der Waals surface area contributed by atoms with Crippen molar-refractivity contribution in [2.24, 2.45) is 0 Å². The van der Waals surface area contributed by atoms with Crippen molar-refractivity contribution >= 4 is 16.7 Å². The van der Waals surface area contributed by atoms with E-state index in [1.165, 1.54) is 17.1 Å². The van der Waals surface area contributed by atoms with Gasteiger partial charge in [0.25, 0.3) is 0 Å². The zero-order chi connectivity index (χ0) is 12.3. The molecule has 17 heavy (non-hydrogen) atoms. The van der Waals surface area contributed by atoms with Gasteiger partial charge in [-0.25, -0.2) is 4.98 Å². The number of rotatable bonds is 4. The maximum absolute atomic E-state index is 4.52. The van der Waals surface area contributed by atoms with Gasteiger partial charge in [0.05, 0.1) is 0 Å². The molecule has 90 valence electrons. The molecule has 2 aromatic rings. The Balaban J connectivity index is 2.07. The smallest absolute Gasteiger partial charge is 0.205 e. The van der Waals surface area contributed by atoms with E-state index in [9.17, 15) is 0 Å². The van der Waals surface area contributed by atoms with E-state index >= 15 is 0 Å². The van der Waals surface area contributed by atoms with Crippen LogP contribution in [0.5, 0.6) is 0 Å². The quantitative estimate of drug-likeness (QED) is 0.834. The first kappa shape index (κ1) is 12.0. The van der Waals surface area contributed by atoms with E-state index in [0.717, 1.165) is 17.5 Å². The van der Waals surface area contributed by atoms with Crippen LogP contribution in [-0.2, 0) is 6.54 Å². The van der Waals surface area contributed by atoms with Crippen LogP contribution in [0.25, 0.3) is 0 Å². The van der Waals surface area contributed by atoms with Crippen LogP contribution >= 0.6 is 11.5 Å². The van der Waals surface area contributed by atoms with Crippen LogP contribution < -0.4 is 4.90 Å². The highest BCUT2D eigenvalue weighted by Gasteiger charge is 2.11. The summed E-state index contributed by atoms with van der Waals surface area (Å²) in [5.74, 6) is 1.30.